The molecule has 8 aromatic rings. The number of carbonyl (C=O) groups excluding carboxylic acids is 1. The number of benzene rings is 6. The second-order valence-corrected chi connectivity index (χ2v) is 13.5. The van der Waals surface area contributed by atoms with Crippen LogP contribution < -0.4 is 0 Å². The molecule has 0 saturated heterocycles. The van der Waals surface area contributed by atoms with Crippen LogP contribution in [0.5, 0.6) is 0 Å². The third-order valence-corrected chi connectivity index (χ3v) is 9.41. The molecule has 6 nitrogen and oxygen atoms in total. The Kier molecular flexibility index (Phi) is 13.6. The van der Waals surface area contributed by atoms with Gasteiger partial charge in [0, 0.05) is 48.6 Å². The Morgan fingerprint density at radius 2 is 0.981 bits per heavy atom. The van der Waals surface area contributed by atoms with E-state index in [0.29, 0.717) is 0 Å². The molecule has 0 spiro atoms. The van der Waals surface area contributed by atoms with Gasteiger partial charge in [-0.2, -0.15) is 0 Å². The molecular formula is C47H46IrN4O2-2. The average molecular weight is 891 g/mol. The number of hydrogen-bond acceptors (Lipinski definition) is 6. The summed E-state index contributed by atoms with van der Waals surface area (Å²) in [5.41, 5.74) is 8.28. The van der Waals surface area contributed by atoms with Crippen molar-refractivity contribution in [3.05, 3.63) is 132 Å². The van der Waals surface area contributed by atoms with Gasteiger partial charge in [-0.1, -0.05) is 96.8 Å². The number of unbranched alkanes of at least 4 members (excludes halogenated alkanes) is 2. The zero-order chi connectivity index (χ0) is 37.5. The molecule has 6 aromatic carbocycles. The first kappa shape index (κ1) is 40.1. The van der Waals surface area contributed by atoms with Gasteiger partial charge in [0.05, 0.1) is 28.2 Å². The summed E-state index contributed by atoms with van der Waals surface area (Å²) in [6.07, 6.45) is 7.81. The molecule has 0 aliphatic rings. The predicted octanol–water partition coefficient (Wildman–Crippen LogP) is 11.8. The number of aliphatic hydroxyl groups excluding tert-OH is 1. The third kappa shape index (κ3) is 8.65. The Morgan fingerprint density at radius 3 is 1.33 bits per heavy atom. The van der Waals surface area contributed by atoms with Gasteiger partial charge in [0.15, 0.2) is 5.78 Å². The van der Waals surface area contributed by atoms with Crippen molar-refractivity contribution in [2.24, 2.45) is 0 Å². The molecular weight excluding hydrogens is 845 g/mol. The number of aromatic nitrogens is 4. The SMILES string of the molecule is CC(=O)/C=C(/C)O.CCCCc1nc2c3ccccc3c3ccc[c-]c3c2nc1C.CCCCc1nc2c3ccccc3c3ccc[c-]c3c2nc1C.[Ir]. The van der Waals surface area contributed by atoms with Crippen LogP contribution in [0.25, 0.3) is 65.2 Å². The van der Waals surface area contributed by atoms with Crippen LogP contribution in [-0.4, -0.2) is 30.8 Å². The Bertz CT molecular complexity index is 2460. The number of allylic oxidation sites excluding steroid dienone is 2. The molecule has 0 aliphatic heterocycles. The smallest absolute Gasteiger partial charge is 0.155 e. The van der Waals surface area contributed by atoms with Gasteiger partial charge in [-0.05, 0) is 64.2 Å². The van der Waals surface area contributed by atoms with Gasteiger partial charge in [0.1, 0.15) is 0 Å². The van der Waals surface area contributed by atoms with E-state index in [1.54, 1.807) is 0 Å². The summed E-state index contributed by atoms with van der Waals surface area (Å²) in [4.78, 5) is 29.9. The predicted molar refractivity (Wildman–Crippen MR) is 221 cm³/mol. The molecule has 8 rings (SSSR count). The molecule has 7 heteroatoms. The van der Waals surface area contributed by atoms with Crippen LogP contribution in [0.1, 0.15) is 76.2 Å². The first-order valence-corrected chi connectivity index (χ1v) is 18.6. The van der Waals surface area contributed by atoms with Crippen LogP contribution in [-0.2, 0) is 37.7 Å². The van der Waals surface area contributed by atoms with Crippen molar-refractivity contribution in [3.8, 4) is 0 Å². The molecule has 0 bridgehead atoms. The largest absolute Gasteiger partial charge is 0.512 e. The average Bonchev–Trinajstić information content (AvgIpc) is 3.17. The van der Waals surface area contributed by atoms with Gasteiger partial charge < -0.3 is 5.11 Å². The maximum absolute atomic E-state index is 10.0. The minimum Gasteiger partial charge on any atom is -0.512 e. The number of aliphatic hydroxyl groups is 1. The van der Waals surface area contributed by atoms with E-state index in [1.807, 2.05) is 24.3 Å². The van der Waals surface area contributed by atoms with Crippen LogP contribution in [0, 0.1) is 26.0 Å². The van der Waals surface area contributed by atoms with Crippen LogP contribution in [0.3, 0.4) is 0 Å². The van der Waals surface area contributed by atoms with Gasteiger partial charge in [0.25, 0.3) is 0 Å². The van der Waals surface area contributed by atoms with Gasteiger partial charge in [0.2, 0.25) is 0 Å². The van der Waals surface area contributed by atoms with Gasteiger partial charge in [-0.15, -0.1) is 59.3 Å². The first-order valence-electron chi connectivity index (χ1n) is 18.6. The number of fused-ring (bicyclic) bond motifs is 12. The molecule has 277 valence electrons. The molecule has 0 fully saturated rings. The van der Waals surface area contributed by atoms with Crippen molar-refractivity contribution >= 4 is 70.9 Å². The molecule has 0 aliphatic carbocycles. The topological polar surface area (TPSA) is 88.9 Å². The molecule has 0 atom stereocenters. The van der Waals surface area contributed by atoms with Crippen molar-refractivity contribution in [3.63, 3.8) is 0 Å². The monoisotopic (exact) mass is 891 g/mol. The number of hydrogen-bond donors (Lipinski definition) is 1. The Labute approximate surface area is 331 Å². The van der Waals surface area contributed by atoms with Crippen molar-refractivity contribution in [1.29, 1.82) is 0 Å². The second-order valence-electron chi connectivity index (χ2n) is 13.5. The minimum atomic E-state index is -0.125. The van der Waals surface area contributed by atoms with E-state index < -0.39 is 0 Å². The molecule has 1 radical (unpaired) electrons. The molecule has 0 amide bonds. The number of aryl methyl sites for hydroxylation is 4. The molecule has 2 heterocycles. The summed E-state index contributed by atoms with van der Waals surface area (Å²) in [6.45, 7) is 11.4. The fraction of sp³-hybridized carbons (Fsp3) is 0.255. The van der Waals surface area contributed by atoms with E-state index >= 15 is 0 Å². The fourth-order valence-electron chi connectivity index (χ4n) is 6.85. The van der Waals surface area contributed by atoms with E-state index in [0.717, 1.165) is 81.3 Å². The van der Waals surface area contributed by atoms with Crippen molar-refractivity contribution in [2.75, 3.05) is 0 Å². The zero-order valence-corrected chi connectivity index (χ0v) is 34.3. The third-order valence-electron chi connectivity index (χ3n) is 9.41. The van der Waals surface area contributed by atoms with E-state index in [9.17, 15) is 4.79 Å². The van der Waals surface area contributed by atoms with Crippen LogP contribution >= 0.6 is 0 Å². The fourth-order valence-corrected chi connectivity index (χ4v) is 6.85. The van der Waals surface area contributed by atoms with Gasteiger partial charge >= 0.3 is 0 Å². The minimum absolute atomic E-state index is 0. The maximum Gasteiger partial charge on any atom is 0.155 e. The zero-order valence-electron chi connectivity index (χ0n) is 31.9. The molecule has 0 unspecified atom stereocenters. The van der Waals surface area contributed by atoms with Crippen molar-refractivity contribution < 1.29 is 30.0 Å². The normalized spacial score (nSPS) is 11.3. The number of ketones is 1. The molecule has 54 heavy (non-hydrogen) atoms. The Morgan fingerprint density at radius 1 is 0.593 bits per heavy atom. The van der Waals surface area contributed by atoms with E-state index in [-0.39, 0.29) is 31.6 Å². The van der Waals surface area contributed by atoms with Gasteiger partial charge in [-0.25, -0.2) is 0 Å². The molecule has 1 N–H and O–H groups in total. The van der Waals surface area contributed by atoms with E-state index in [2.05, 4.69) is 100 Å². The summed E-state index contributed by atoms with van der Waals surface area (Å²) >= 11 is 0. The quantitative estimate of drug-likeness (QED) is 0.0742. The Hall–Kier alpha value is -5.10. The number of carbonyl (C=O) groups is 1. The number of nitrogens with zero attached hydrogens (tertiary/aromatic N) is 4. The standard InChI is InChI=1S/2C21H19N2.C5H8O2.Ir/c2*1-3-4-13-19-14(2)22-20-17-11-7-5-9-15(17)16-10-6-8-12-18(16)21(20)23-19;1-4(6)3-5(2)7;/h2*5-10,12H,3-4,13H2,1-2H3;3,6H,1-2H3;/q2*-1;;/b;;4-3-;. The van der Waals surface area contributed by atoms with Gasteiger partial charge in [-0.3, -0.25) is 24.7 Å². The second kappa shape index (κ2) is 18.3. The Balaban J connectivity index is 0.000000174. The summed E-state index contributed by atoms with van der Waals surface area (Å²) < 4.78 is 0. The summed E-state index contributed by atoms with van der Waals surface area (Å²) in [6, 6.07) is 36.0. The molecule has 2 aromatic heterocycles. The van der Waals surface area contributed by atoms with E-state index in [1.165, 1.54) is 65.1 Å². The molecule has 0 saturated carbocycles. The van der Waals surface area contributed by atoms with Crippen LogP contribution in [0.4, 0.5) is 0 Å². The maximum atomic E-state index is 10.0. The van der Waals surface area contributed by atoms with Crippen molar-refractivity contribution in [2.45, 2.75) is 80.1 Å². The van der Waals surface area contributed by atoms with Crippen LogP contribution in [0.2, 0.25) is 0 Å². The number of rotatable bonds is 7. The van der Waals surface area contributed by atoms with E-state index in [4.69, 9.17) is 25.0 Å². The van der Waals surface area contributed by atoms with Crippen molar-refractivity contribution in [1.82, 2.24) is 19.9 Å². The summed E-state index contributed by atoms with van der Waals surface area (Å²) in [7, 11) is 0. The summed E-state index contributed by atoms with van der Waals surface area (Å²) in [5, 5.41) is 17.7. The van der Waals surface area contributed by atoms with Crippen LogP contribution in [0.15, 0.2) is 96.8 Å². The summed E-state index contributed by atoms with van der Waals surface area (Å²) in [5.74, 6) is -0.0625. The first-order chi connectivity index (χ1) is 25.7.